The van der Waals surface area contributed by atoms with Gasteiger partial charge in [0.2, 0.25) is 0 Å². The number of rotatable bonds is 10. The number of aromatic hydroxyl groups is 1. The number of carbonyl (C=O) groups is 1. The first-order valence-corrected chi connectivity index (χ1v) is 18.5. The number of Topliss-reactive ketones (excluding diaryl/α,β-unsaturated/α-hetero) is 1. The van der Waals surface area contributed by atoms with Gasteiger partial charge in [0, 0.05) is 37.1 Å². The molecular formula is C45H49NO6. The summed E-state index contributed by atoms with van der Waals surface area (Å²) in [5, 5.41) is 26.6. The molecule has 7 rings (SSSR count). The zero-order valence-electron chi connectivity index (χ0n) is 30.2. The number of fused-ring (bicyclic) bond motifs is 9. The lowest BCUT2D eigenvalue weighted by Gasteiger charge is -2.28. The van der Waals surface area contributed by atoms with Gasteiger partial charge in [-0.1, -0.05) is 54.8 Å². The van der Waals surface area contributed by atoms with Gasteiger partial charge >= 0.3 is 0 Å². The Hall–Kier alpha value is -5.35. The lowest BCUT2D eigenvalue weighted by Crippen LogP contribution is -2.24. The number of aryl methyl sites for hydroxylation is 2. The number of anilines is 1. The highest BCUT2D eigenvalue weighted by Crippen LogP contribution is 2.34. The molecule has 3 N–H and O–H groups in total. The molecule has 0 amide bonds. The molecule has 3 aliphatic rings. The zero-order chi connectivity index (χ0) is 36.3. The Bertz CT molecular complexity index is 1990. The number of allylic oxidation sites excluding steroid dienone is 3. The molecule has 0 saturated carbocycles. The molecule has 2 heterocycles. The summed E-state index contributed by atoms with van der Waals surface area (Å²) in [5.41, 5.74) is 5.16. The van der Waals surface area contributed by atoms with E-state index in [-0.39, 0.29) is 42.0 Å². The third-order valence-electron chi connectivity index (χ3n) is 10.0. The van der Waals surface area contributed by atoms with Crippen LogP contribution in [-0.4, -0.2) is 35.8 Å². The van der Waals surface area contributed by atoms with Crippen molar-refractivity contribution in [3.8, 4) is 29.3 Å². The minimum atomic E-state index is -0.461. The van der Waals surface area contributed by atoms with E-state index in [1.807, 2.05) is 42.5 Å². The van der Waals surface area contributed by atoms with Crippen molar-refractivity contribution in [2.24, 2.45) is 11.8 Å². The molecule has 4 aromatic carbocycles. The summed E-state index contributed by atoms with van der Waals surface area (Å²) < 4.78 is 18.0. The lowest BCUT2D eigenvalue weighted by atomic mass is 9.80. The number of hydrogen-bond acceptors (Lipinski definition) is 7. The molecule has 4 aromatic rings. The van der Waals surface area contributed by atoms with E-state index in [2.05, 4.69) is 60.7 Å². The monoisotopic (exact) mass is 699 g/mol. The molecule has 52 heavy (non-hydrogen) atoms. The van der Waals surface area contributed by atoms with Crippen molar-refractivity contribution in [3.05, 3.63) is 119 Å². The summed E-state index contributed by atoms with van der Waals surface area (Å²) in [5.74, 6) is 5.07. The summed E-state index contributed by atoms with van der Waals surface area (Å²) in [6.45, 7) is 3.34. The van der Waals surface area contributed by atoms with Crippen molar-refractivity contribution < 1.29 is 29.2 Å². The maximum absolute atomic E-state index is 13.5. The Kier molecular flexibility index (Phi) is 12.4. The first-order chi connectivity index (χ1) is 25.4. The number of benzene rings is 4. The van der Waals surface area contributed by atoms with E-state index in [9.17, 15) is 15.0 Å². The van der Waals surface area contributed by atoms with E-state index in [4.69, 9.17) is 14.2 Å². The fraction of sp³-hybridized carbons (Fsp3) is 0.356. The Morgan fingerprint density at radius 2 is 1.85 bits per heavy atom. The Morgan fingerprint density at radius 3 is 2.71 bits per heavy atom. The maximum atomic E-state index is 13.5. The Labute approximate surface area is 307 Å². The zero-order valence-corrected chi connectivity index (χ0v) is 30.2. The number of phenols is 1. The Morgan fingerprint density at radius 1 is 0.962 bits per heavy atom. The van der Waals surface area contributed by atoms with Crippen LogP contribution in [0.15, 0.2) is 96.8 Å². The number of aliphatic hydroxyl groups excluding tert-OH is 1. The van der Waals surface area contributed by atoms with Crippen LogP contribution in [0, 0.1) is 23.9 Å². The highest BCUT2D eigenvalue weighted by Gasteiger charge is 2.27. The van der Waals surface area contributed by atoms with Crippen LogP contribution in [-0.2, 0) is 35.4 Å². The minimum absolute atomic E-state index is 0.000827. The van der Waals surface area contributed by atoms with Crippen LogP contribution in [0.2, 0.25) is 0 Å². The van der Waals surface area contributed by atoms with E-state index in [1.165, 1.54) is 5.56 Å². The fourth-order valence-electron chi connectivity index (χ4n) is 7.29. The van der Waals surface area contributed by atoms with Gasteiger partial charge in [-0.15, -0.1) is 0 Å². The predicted molar refractivity (Wildman–Crippen MR) is 207 cm³/mol. The summed E-state index contributed by atoms with van der Waals surface area (Å²) in [6.07, 6.45) is 14.2. The average Bonchev–Trinajstić information content (AvgIpc) is 3.14. The van der Waals surface area contributed by atoms with Gasteiger partial charge in [0.1, 0.15) is 36.1 Å². The van der Waals surface area contributed by atoms with Crippen LogP contribution in [0.25, 0.3) is 10.8 Å². The lowest BCUT2D eigenvalue weighted by molar-refractivity contribution is -0.121. The van der Waals surface area contributed by atoms with Crippen molar-refractivity contribution in [3.63, 3.8) is 0 Å². The molecule has 2 aliphatic heterocycles. The van der Waals surface area contributed by atoms with Crippen LogP contribution in [0.3, 0.4) is 0 Å². The third-order valence-corrected chi connectivity index (χ3v) is 10.0. The number of carbonyl (C=O) groups excluding carboxylic acids is 1. The topological polar surface area (TPSA) is 97.3 Å². The molecule has 1 aliphatic carbocycles. The van der Waals surface area contributed by atoms with E-state index >= 15 is 0 Å². The second-order valence-corrected chi connectivity index (χ2v) is 13.8. The first kappa shape index (κ1) is 36.4. The molecule has 0 aromatic heterocycles. The van der Waals surface area contributed by atoms with Gasteiger partial charge in [-0.25, -0.2) is 0 Å². The second kappa shape index (κ2) is 17.7. The number of nitrogens with one attached hydrogen (secondary N) is 1. The molecule has 7 nitrogen and oxygen atoms in total. The number of ketones is 1. The summed E-state index contributed by atoms with van der Waals surface area (Å²) in [7, 11) is 1.62. The average molecular weight is 700 g/mol. The van der Waals surface area contributed by atoms with E-state index in [0.717, 1.165) is 65.4 Å². The Balaban J connectivity index is 1.19. The van der Waals surface area contributed by atoms with E-state index < -0.39 is 6.10 Å². The standard InChI is InChI=1S/C45H49NO6/c1-3-46-37-11-6-9-31(25-37)8-4-5-10-34-16-19-38(47)27-36(34)28-40-29-39(48)18-13-32-15-22-44(50-2)45(26-32)52-30-33-14-20-41-35(24-33)17-21-43(49)42(41)12-7-23-51-40/h6,9,11,14-17,19-22,24-27,34,36,40,46-47,49H,3-5,8,10,12-13,18,28-30H2,1-2H3/t34-,36+,40+/m1/s1. The van der Waals surface area contributed by atoms with Crippen LogP contribution < -0.4 is 14.8 Å². The van der Waals surface area contributed by atoms with Gasteiger partial charge in [-0.05, 0) is 127 Å². The van der Waals surface area contributed by atoms with E-state index in [1.54, 1.807) is 19.3 Å². The van der Waals surface area contributed by atoms with Crippen molar-refractivity contribution in [1.82, 2.24) is 0 Å². The number of methoxy groups -OCH3 is 1. The summed E-state index contributed by atoms with van der Waals surface area (Å²) in [6, 6.07) is 24.0. The summed E-state index contributed by atoms with van der Waals surface area (Å²) in [4.78, 5) is 13.5. The number of unbranched alkanes of at least 4 members (excludes halogenated alkanes) is 1. The van der Waals surface area contributed by atoms with Crippen LogP contribution in [0.4, 0.5) is 5.69 Å². The van der Waals surface area contributed by atoms with Crippen molar-refractivity contribution in [1.29, 1.82) is 0 Å². The van der Waals surface area contributed by atoms with Gasteiger partial charge in [0.05, 0.1) is 7.11 Å². The normalized spacial score (nSPS) is 19.0. The van der Waals surface area contributed by atoms with Crippen molar-refractivity contribution in [2.75, 3.05) is 19.0 Å². The number of aliphatic hydroxyl groups is 1. The molecule has 0 radical (unpaired) electrons. The molecule has 0 spiro atoms. The van der Waals surface area contributed by atoms with Gasteiger partial charge in [-0.2, -0.15) is 0 Å². The first-order valence-electron chi connectivity index (χ1n) is 18.5. The molecule has 6 bridgehead atoms. The molecule has 3 atom stereocenters. The van der Waals surface area contributed by atoms with Gasteiger partial charge in [-0.3, -0.25) is 4.79 Å². The molecule has 0 unspecified atom stereocenters. The maximum Gasteiger partial charge on any atom is 0.161 e. The van der Waals surface area contributed by atoms with Crippen molar-refractivity contribution in [2.45, 2.75) is 77.4 Å². The van der Waals surface area contributed by atoms with Crippen LogP contribution in [0.1, 0.15) is 67.7 Å². The molecule has 7 heteroatoms. The molecule has 0 fully saturated rings. The van der Waals surface area contributed by atoms with Gasteiger partial charge in [0.15, 0.2) is 11.5 Å². The fourth-order valence-corrected chi connectivity index (χ4v) is 7.29. The molecule has 0 saturated heterocycles. The van der Waals surface area contributed by atoms with Gasteiger partial charge in [0.25, 0.3) is 0 Å². The van der Waals surface area contributed by atoms with E-state index in [0.29, 0.717) is 37.4 Å². The predicted octanol–water partition coefficient (Wildman–Crippen LogP) is 9.41. The van der Waals surface area contributed by atoms with Crippen LogP contribution >= 0.6 is 0 Å². The number of ether oxygens (including phenoxy) is 3. The SMILES string of the molecule is CCNc1cccc(CCCC[C@@H]2C=CC(O)=C[C@H]2C[C@H]2CC(=O)CCc3ccc(OC)c(c3)OCc3ccc4c(c(O)ccc4c3)CC#CO2)c1. The highest BCUT2D eigenvalue weighted by atomic mass is 16.5. The molecule has 270 valence electrons. The van der Waals surface area contributed by atoms with Crippen LogP contribution in [0.5, 0.6) is 17.2 Å². The van der Waals surface area contributed by atoms with Gasteiger partial charge < -0.3 is 29.7 Å². The molecular weight excluding hydrogens is 650 g/mol. The quantitative estimate of drug-likeness (QED) is 0.112. The largest absolute Gasteiger partial charge is 0.508 e. The summed E-state index contributed by atoms with van der Waals surface area (Å²) >= 11 is 0. The number of hydrogen-bond donors (Lipinski definition) is 3. The van der Waals surface area contributed by atoms with Crippen molar-refractivity contribution >= 4 is 22.2 Å². The minimum Gasteiger partial charge on any atom is -0.508 e. The third kappa shape index (κ3) is 9.70. The second-order valence-electron chi connectivity index (χ2n) is 13.8. The number of phenolic OH excluding ortho intramolecular Hbond substituents is 1. The highest BCUT2D eigenvalue weighted by molar-refractivity contribution is 5.88. The smallest absolute Gasteiger partial charge is 0.161 e.